The third-order valence-corrected chi connectivity index (χ3v) is 4.03. The van der Waals surface area contributed by atoms with Crippen LogP contribution in [0.2, 0.25) is 0 Å². The fourth-order valence-electron chi connectivity index (χ4n) is 2.69. The summed E-state index contributed by atoms with van der Waals surface area (Å²) in [5.41, 5.74) is 0.909. The molecule has 1 aromatic carbocycles. The van der Waals surface area contributed by atoms with E-state index >= 15 is 0 Å². The van der Waals surface area contributed by atoms with Gasteiger partial charge in [0.2, 0.25) is 5.91 Å². The lowest BCUT2D eigenvalue weighted by molar-refractivity contribution is -0.123. The summed E-state index contributed by atoms with van der Waals surface area (Å²) in [6, 6.07) is 6.54. The molecular formula is C16H24FN3O. The molecule has 116 valence electrons. The fraction of sp³-hybridized carbons (Fsp3) is 0.562. The molecule has 2 rings (SSSR count). The number of nitrogens with one attached hydrogen (secondary N) is 2. The molecule has 5 heteroatoms. The zero-order valence-corrected chi connectivity index (χ0v) is 12.7. The van der Waals surface area contributed by atoms with Crippen LogP contribution in [-0.4, -0.2) is 43.5 Å². The monoisotopic (exact) mass is 293 g/mol. The van der Waals surface area contributed by atoms with Crippen LogP contribution in [0.3, 0.4) is 0 Å². The summed E-state index contributed by atoms with van der Waals surface area (Å²) in [6.45, 7) is 4.31. The van der Waals surface area contributed by atoms with E-state index in [1.54, 1.807) is 12.1 Å². The van der Waals surface area contributed by atoms with Crippen LogP contribution in [0, 0.1) is 5.82 Å². The molecule has 1 aliphatic rings. The van der Waals surface area contributed by atoms with Gasteiger partial charge < -0.3 is 10.6 Å². The molecule has 0 spiro atoms. The number of nitrogens with zero attached hydrogens (tertiary/aromatic N) is 1. The van der Waals surface area contributed by atoms with E-state index in [0.717, 1.165) is 31.5 Å². The number of hydrogen-bond donors (Lipinski definition) is 2. The maximum atomic E-state index is 12.9. The normalized spacial score (nSPS) is 20.3. The lowest BCUT2D eigenvalue weighted by atomic mass is 10.1. The molecule has 21 heavy (non-hydrogen) atoms. The number of hydrogen-bond acceptors (Lipinski definition) is 3. The number of piperidine rings is 1. The first-order valence-corrected chi connectivity index (χ1v) is 7.52. The van der Waals surface area contributed by atoms with E-state index in [2.05, 4.69) is 15.5 Å². The first kappa shape index (κ1) is 15.9. The highest BCUT2D eigenvalue weighted by Crippen LogP contribution is 2.13. The smallest absolute Gasteiger partial charge is 0.234 e. The Bertz CT molecular complexity index is 457. The largest absolute Gasteiger partial charge is 0.348 e. The Morgan fingerprint density at radius 2 is 2.19 bits per heavy atom. The second-order valence-corrected chi connectivity index (χ2v) is 5.76. The molecule has 4 nitrogen and oxygen atoms in total. The summed E-state index contributed by atoms with van der Waals surface area (Å²) in [7, 11) is 1.99. The minimum atomic E-state index is -0.262. The van der Waals surface area contributed by atoms with Gasteiger partial charge in [0.25, 0.3) is 0 Å². The van der Waals surface area contributed by atoms with Crippen LogP contribution >= 0.6 is 0 Å². The van der Waals surface area contributed by atoms with Gasteiger partial charge in [-0.15, -0.1) is 0 Å². The first-order valence-electron chi connectivity index (χ1n) is 7.52. The van der Waals surface area contributed by atoms with E-state index in [0.29, 0.717) is 12.6 Å². The van der Waals surface area contributed by atoms with Gasteiger partial charge in [-0.2, -0.15) is 0 Å². The predicted molar refractivity (Wildman–Crippen MR) is 81.5 cm³/mol. The number of carbonyl (C=O) groups is 1. The lowest BCUT2D eigenvalue weighted by Gasteiger charge is -2.31. The summed E-state index contributed by atoms with van der Waals surface area (Å²) in [5.74, 6) is -0.262. The zero-order chi connectivity index (χ0) is 15.2. The van der Waals surface area contributed by atoms with E-state index in [-0.39, 0.29) is 17.8 Å². The molecule has 1 heterocycles. The number of likely N-dealkylation sites (N-methyl/N-ethyl adjacent to an activating group) is 1. The standard InChI is InChI=1S/C16H24FN3O/c1-12(13-5-7-14(17)8-6-13)19-16(21)11-20(2)15-4-3-9-18-10-15/h5-8,12,15,18H,3-4,9-11H2,1-2H3,(H,19,21). The van der Waals surface area contributed by atoms with Crippen LogP contribution in [-0.2, 0) is 4.79 Å². The van der Waals surface area contributed by atoms with Gasteiger partial charge in [-0.3, -0.25) is 9.69 Å². The molecule has 2 unspecified atom stereocenters. The summed E-state index contributed by atoms with van der Waals surface area (Å²) < 4.78 is 12.9. The number of amides is 1. The number of halogens is 1. The Kier molecular flexibility index (Phi) is 5.70. The fourth-order valence-corrected chi connectivity index (χ4v) is 2.69. The second kappa shape index (κ2) is 7.52. The molecule has 0 aromatic heterocycles. The number of benzene rings is 1. The molecule has 1 aromatic rings. The quantitative estimate of drug-likeness (QED) is 0.868. The molecular weight excluding hydrogens is 269 g/mol. The van der Waals surface area contributed by atoms with E-state index in [4.69, 9.17) is 0 Å². The molecule has 1 fully saturated rings. The van der Waals surface area contributed by atoms with Gasteiger partial charge in [-0.1, -0.05) is 12.1 Å². The minimum absolute atomic E-state index is 0.0000940. The van der Waals surface area contributed by atoms with Crippen molar-refractivity contribution in [3.05, 3.63) is 35.6 Å². The van der Waals surface area contributed by atoms with E-state index in [1.165, 1.54) is 12.1 Å². The molecule has 0 bridgehead atoms. The third-order valence-electron chi connectivity index (χ3n) is 4.03. The van der Waals surface area contributed by atoms with Crippen LogP contribution < -0.4 is 10.6 Å². The van der Waals surface area contributed by atoms with Crippen molar-refractivity contribution in [1.29, 1.82) is 0 Å². The van der Waals surface area contributed by atoms with Gasteiger partial charge in [-0.05, 0) is 51.1 Å². The third kappa shape index (κ3) is 4.79. The Balaban J connectivity index is 1.81. The predicted octanol–water partition coefficient (Wildman–Crippen LogP) is 1.69. The highest BCUT2D eigenvalue weighted by atomic mass is 19.1. The molecule has 0 saturated carbocycles. The van der Waals surface area contributed by atoms with Crippen molar-refractivity contribution >= 4 is 5.91 Å². The Labute approximate surface area is 125 Å². The van der Waals surface area contributed by atoms with Crippen LogP contribution in [0.15, 0.2) is 24.3 Å². The molecule has 2 atom stereocenters. The summed E-state index contributed by atoms with van der Waals surface area (Å²) in [4.78, 5) is 14.2. The Hall–Kier alpha value is -1.46. The van der Waals surface area contributed by atoms with Gasteiger partial charge >= 0.3 is 0 Å². The van der Waals surface area contributed by atoms with Crippen molar-refractivity contribution in [2.75, 3.05) is 26.7 Å². The topological polar surface area (TPSA) is 44.4 Å². The molecule has 1 aliphatic heterocycles. The van der Waals surface area contributed by atoms with E-state index in [9.17, 15) is 9.18 Å². The van der Waals surface area contributed by atoms with Crippen LogP contribution in [0.1, 0.15) is 31.4 Å². The number of carbonyl (C=O) groups excluding carboxylic acids is 1. The Morgan fingerprint density at radius 1 is 1.48 bits per heavy atom. The molecule has 2 N–H and O–H groups in total. The first-order chi connectivity index (χ1) is 10.1. The average molecular weight is 293 g/mol. The molecule has 1 amide bonds. The van der Waals surface area contributed by atoms with Crippen molar-refractivity contribution in [2.24, 2.45) is 0 Å². The summed E-state index contributed by atoms with van der Waals surface area (Å²) in [5, 5.41) is 6.31. The highest BCUT2D eigenvalue weighted by molar-refractivity contribution is 5.78. The molecule has 1 saturated heterocycles. The summed E-state index contributed by atoms with van der Waals surface area (Å²) in [6.07, 6.45) is 2.28. The second-order valence-electron chi connectivity index (χ2n) is 5.76. The molecule has 0 radical (unpaired) electrons. The average Bonchev–Trinajstić information content (AvgIpc) is 2.48. The minimum Gasteiger partial charge on any atom is -0.348 e. The zero-order valence-electron chi connectivity index (χ0n) is 12.7. The maximum Gasteiger partial charge on any atom is 0.234 e. The van der Waals surface area contributed by atoms with Crippen molar-refractivity contribution in [2.45, 2.75) is 31.8 Å². The van der Waals surface area contributed by atoms with Crippen molar-refractivity contribution in [1.82, 2.24) is 15.5 Å². The Morgan fingerprint density at radius 3 is 2.81 bits per heavy atom. The van der Waals surface area contributed by atoms with Crippen LogP contribution in [0.5, 0.6) is 0 Å². The van der Waals surface area contributed by atoms with E-state index in [1.807, 2.05) is 14.0 Å². The summed E-state index contributed by atoms with van der Waals surface area (Å²) >= 11 is 0. The van der Waals surface area contributed by atoms with Crippen molar-refractivity contribution in [3.8, 4) is 0 Å². The van der Waals surface area contributed by atoms with Gasteiger partial charge in [0.15, 0.2) is 0 Å². The van der Waals surface area contributed by atoms with Gasteiger partial charge in [0.05, 0.1) is 12.6 Å². The highest BCUT2D eigenvalue weighted by Gasteiger charge is 2.20. The van der Waals surface area contributed by atoms with Gasteiger partial charge in [0.1, 0.15) is 5.82 Å². The van der Waals surface area contributed by atoms with Crippen molar-refractivity contribution in [3.63, 3.8) is 0 Å². The molecule has 0 aliphatic carbocycles. The number of rotatable bonds is 5. The van der Waals surface area contributed by atoms with Gasteiger partial charge in [-0.25, -0.2) is 4.39 Å². The lowest BCUT2D eigenvalue weighted by Crippen LogP contribution is -2.47. The van der Waals surface area contributed by atoms with Gasteiger partial charge in [0, 0.05) is 12.6 Å². The van der Waals surface area contributed by atoms with E-state index < -0.39 is 0 Å². The SMILES string of the molecule is CC(NC(=O)CN(C)C1CCCNC1)c1ccc(F)cc1. The maximum absolute atomic E-state index is 12.9. The van der Waals surface area contributed by atoms with Crippen LogP contribution in [0.4, 0.5) is 4.39 Å². The van der Waals surface area contributed by atoms with Crippen molar-refractivity contribution < 1.29 is 9.18 Å². The van der Waals surface area contributed by atoms with Crippen LogP contribution in [0.25, 0.3) is 0 Å².